The number of sulfonamides is 1. The van der Waals surface area contributed by atoms with E-state index in [1.165, 1.54) is 0 Å². The zero-order valence-electron chi connectivity index (χ0n) is 11.2. The molecule has 1 saturated heterocycles. The van der Waals surface area contributed by atoms with Crippen molar-refractivity contribution in [1.29, 1.82) is 0 Å². The van der Waals surface area contributed by atoms with Crippen LogP contribution in [0.5, 0.6) is 5.75 Å². The normalized spacial score (nSPS) is 18.2. The Morgan fingerprint density at radius 2 is 2.18 bits per heavy atom. The van der Waals surface area contributed by atoms with Crippen molar-refractivity contribution in [2.24, 2.45) is 5.14 Å². The third kappa shape index (κ3) is 3.43. The van der Waals surface area contributed by atoms with E-state index in [0.717, 1.165) is 23.1 Å². The van der Waals surface area contributed by atoms with Gasteiger partial charge in [-0.05, 0) is 12.1 Å². The standard InChI is InChI=1S/C11H13N3O7S/c12-22(19,20)8-1-2-10(9(5-8)14(17)18)21-7-3-4-13(6-7)11(15)16/h1-2,5,7H,3-4,6H2,(H,15,16)(H2,12,19,20). The fourth-order valence-corrected chi connectivity index (χ4v) is 2.63. The number of ether oxygens (including phenoxy) is 1. The second-order valence-electron chi connectivity index (χ2n) is 4.69. The molecule has 3 N–H and O–H groups in total. The summed E-state index contributed by atoms with van der Waals surface area (Å²) in [5, 5.41) is 24.8. The molecule has 0 aliphatic carbocycles. The first-order valence-corrected chi connectivity index (χ1v) is 7.69. The summed E-state index contributed by atoms with van der Waals surface area (Å²) >= 11 is 0. The maximum absolute atomic E-state index is 11.2. The number of carbonyl (C=O) groups is 1. The quantitative estimate of drug-likeness (QED) is 0.597. The average Bonchev–Trinajstić information content (AvgIpc) is 2.86. The van der Waals surface area contributed by atoms with Gasteiger partial charge in [0.1, 0.15) is 6.10 Å². The Hall–Kier alpha value is -2.40. The van der Waals surface area contributed by atoms with E-state index in [1.54, 1.807) is 0 Å². The van der Waals surface area contributed by atoms with Gasteiger partial charge in [0.25, 0.3) is 0 Å². The fraction of sp³-hybridized carbons (Fsp3) is 0.364. The molecule has 1 fully saturated rings. The van der Waals surface area contributed by atoms with Crippen molar-refractivity contribution in [2.45, 2.75) is 17.4 Å². The summed E-state index contributed by atoms with van der Waals surface area (Å²) in [6.07, 6.45) is -1.24. The van der Waals surface area contributed by atoms with Gasteiger partial charge >= 0.3 is 11.8 Å². The van der Waals surface area contributed by atoms with Crippen molar-refractivity contribution >= 4 is 21.8 Å². The van der Waals surface area contributed by atoms with Crippen molar-refractivity contribution in [3.63, 3.8) is 0 Å². The lowest BCUT2D eigenvalue weighted by Gasteiger charge is -2.14. The molecule has 1 aromatic carbocycles. The molecular weight excluding hydrogens is 318 g/mol. The SMILES string of the molecule is NS(=O)(=O)c1ccc(OC2CCN(C(=O)O)C2)c([N+](=O)[O-])c1. The van der Waals surface area contributed by atoms with E-state index >= 15 is 0 Å². The number of primary sulfonamides is 1. The molecule has 11 heteroatoms. The van der Waals surface area contributed by atoms with E-state index in [0.29, 0.717) is 6.42 Å². The van der Waals surface area contributed by atoms with Crippen LogP contribution in [-0.2, 0) is 10.0 Å². The third-order valence-corrected chi connectivity index (χ3v) is 4.08. The van der Waals surface area contributed by atoms with E-state index in [1.807, 2.05) is 0 Å². The highest BCUT2D eigenvalue weighted by Crippen LogP contribution is 2.31. The van der Waals surface area contributed by atoms with Crippen LogP contribution in [0.4, 0.5) is 10.5 Å². The Balaban J connectivity index is 2.25. The average molecular weight is 331 g/mol. The van der Waals surface area contributed by atoms with E-state index in [-0.39, 0.29) is 18.8 Å². The molecule has 1 atom stereocenters. The van der Waals surface area contributed by atoms with Crippen LogP contribution < -0.4 is 9.88 Å². The molecule has 1 aliphatic rings. The molecule has 1 unspecified atom stereocenters. The number of rotatable bonds is 4. The molecule has 0 aromatic heterocycles. The smallest absolute Gasteiger partial charge is 0.407 e. The topological polar surface area (TPSA) is 153 Å². The van der Waals surface area contributed by atoms with Crippen LogP contribution in [0.25, 0.3) is 0 Å². The number of amides is 1. The first kappa shape index (κ1) is 16.0. The van der Waals surface area contributed by atoms with Crippen molar-refractivity contribution in [3.05, 3.63) is 28.3 Å². The van der Waals surface area contributed by atoms with Crippen LogP contribution in [-0.4, -0.2) is 48.6 Å². The summed E-state index contributed by atoms with van der Waals surface area (Å²) in [6, 6.07) is 3.05. The van der Waals surface area contributed by atoms with Crippen LogP contribution in [0.1, 0.15) is 6.42 Å². The largest absolute Gasteiger partial charge is 0.482 e. The van der Waals surface area contributed by atoms with Crippen LogP contribution >= 0.6 is 0 Å². The number of nitrogens with two attached hydrogens (primary N) is 1. The molecule has 0 bridgehead atoms. The maximum atomic E-state index is 11.2. The highest BCUT2D eigenvalue weighted by Gasteiger charge is 2.29. The number of nitro groups is 1. The molecule has 1 aromatic rings. The summed E-state index contributed by atoms with van der Waals surface area (Å²) in [5.74, 6) is -0.130. The first-order chi connectivity index (χ1) is 10.2. The summed E-state index contributed by atoms with van der Waals surface area (Å²) in [6.45, 7) is 0.354. The van der Waals surface area contributed by atoms with Crippen molar-refractivity contribution in [2.75, 3.05) is 13.1 Å². The highest BCUT2D eigenvalue weighted by molar-refractivity contribution is 7.89. The predicted octanol–water partition coefficient (Wildman–Crippen LogP) is 0.373. The van der Waals surface area contributed by atoms with Crippen molar-refractivity contribution in [1.82, 2.24) is 4.90 Å². The van der Waals surface area contributed by atoms with Gasteiger partial charge in [0.05, 0.1) is 16.4 Å². The van der Waals surface area contributed by atoms with Gasteiger partial charge in [0, 0.05) is 19.0 Å². The van der Waals surface area contributed by atoms with E-state index in [9.17, 15) is 23.3 Å². The van der Waals surface area contributed by atoms with Gasteiger partial charge in [-0.2, -0.15) is 0 Å². The van der Waals surface area contributed by atoms with Gasteiger partial charge in [-0.15, -0.1) is 0 Å². The predicted molar refractivity (Wildman–Crippen MR) is 73.1 cm³/mol. The van der Waals surface area contributed by atoms with Gasteiger partial charge in [0.2, 0.25) is 10.0 Å². The molecule has 22 heavy (non-hydrogen) atoms. The number of nitro benzene ring substituents is 1. The number of likely N-dealkylation sites (tertiary alicyclic amines) is 1. The van der Waals surface area contributed by atoms with Crippen LogP contribution in [0.3, 0.4) is 0 Å². The second kappa shape index (κ2) is 5.77. The summed E-state index contributed by atoms with van der Waals surface area (Å²) in [5.41, 5.74) is -0.541. The molecule has 0 saturated carbocycles. The number of nitrogens with zero attached hydrogens (tertiary/aromatic N) is 2. The Morgan fingerprint density at radius 3 is 2.68 bits per heavy atom. The molecule has 2 rings (SSSR count). The van der Waals surface area contributed by atoms with Crippen molar-refractivity contribution in [3.8, 4) is 5.75 Å². The van der Waals surface area contributed by atoms with Crippen LogP contribution in [0.2, 0.25) is 0 Å². The lowest BCUT2D eigenvalue weighted by atomic mass is 10.2. The summed E-state index contributed by atoms with van der Waals surface area (Å²) < 4.78 is 27.9. The van der Waals surface area contributed by atoms with Gasteiger partial charge in [0.15, 0.2) is 5.75 Å². The number of hydrogen-bond acceptors (Lipinski definition) is 6. The molecule has 0 radical (unpaired) electrons. The number of hydrogen-bond donors (Lipinski definition) is 2. The van der Waals surface area contributed by atoms with E-state index in [4.69, 9.17) is 15.0 Å². The number of benzene rings is 1. The second-order valence-corrected chi connectivity index (χ2v) is 6.25. The Kier molecular flexibility index (Phi) is 4.19. The monoisotopic (exact) mass is 331 g/mol. The molecule has 10 nitrogen and oxygen atoms in total. The molecular formula is C11H13N3O7S. The number of carboxylic acid groups (broad SMARTS) is 1. The zero-order valence-corrected chi connectivity index (χ0v) is 12.0. The lowest BCUT2D eigenvalue weighted by Crippen LogP contribution is -2.29. The minimum absolute atomic E-state index is 0.0867. The van der Waals surface area contributed by atoms with Crippen molar-refractivity contribution < 1.29 is 28.0 Å². The van der Waals surface area contributed by atoms with Gasteiger partial charge in [-0.1, -0.05) is 0 Å². The fourth-order valence-electron chi connectivity index (χ4n) is 2.09. The minimum Gasteiger partial charge on any atom is -0.482 e. The first-order valence-electron chi connectivity index (χ1n) is 6.14. The summed E-state index contributed by atoms with van der Waals surface area (Å²) in [7, 11) is -4.07. The Morgan fingerprint density at radius 1 is 1.50 bits per heavy atom. The van der Waals surface area contributed by atoms with E-state index < -0.39 is 37.7 Å². The molecule has 1 amide bonds. The van der Waals surface area contributed by atoms with E-state index in [2.05, 4.69) is 0 Å². The molecule has 120 valence electrons. The van der Waals surface area contributed by atoms with Gasteiger partial charge in [-0.3, -0.25) is 10.1 Å². The van der Waals surface area contributed by atoms with Gasteiger partial charge < -0.3 is 14.7 Å². The maximum Gasteiger partial charge on any atom is 0.407 e. The summed E-state index contributed by atoms with van der Waals surface area (Å²) in [4.78, 5) is 21.8. The lowest BCUT2D eigenvalue weighted by molar-refractivity contribution is -0.386. The van der Waals surface area contributed by atoms with Gasteiger partial charge in [-0.25, -0.2) is 18.4 Å². The highest BCUT2D eigenvalue weighted by atomic mass is 32.2. The Bertz CT molecular complexity index is 718. The zero-order chi connectivity index (χ0) is 16.5. The van der Waals surface area contributed by atoms with Crippen LogP contribution in [0, 0.1) is 10.1 Å². The molecule has 1 aliphatic heterocycles. The molecule has 1 heterocycles. The Labute approximate surface area is 125 Å². The van der Waals surface area contributed by atoms with Crippen LogP contribution in [0.15, 0.2) is 23.1 Å². The third-order valence-electron chi connectivity index (χ3n) is 3.16. The molecule has 0 spiro atoms. The minimum atomic E-state index is -4.07.